The van der Waals surface area contributed by atoms with Crippen molar-refractivity contribution < 1.29 is 19.4 Å². The van der Waals surface area contributed by atoms with E-state index in [0.29, 0.717) is 26.1 Å². The maximum atomic E-state index is 12.4. The molecule has 0 spiro atoms. The fourth-order valence-corrected chi connectivity index (χ4v) is 3.13. The van der Waals surface area contributed by atoms with Crippen LogP contribution in [0.25, 0.3) is 0 Å². The lowest BCUT2D eigenvalue weighted by Crippen LogP contribution is -2.53. The predicted octanol–water partition coefficient (Wildman–Crippen LogP) is 2.71. The van der Waals surface area contributed by atoms with Crippen LogP contribution in [0.2, 0.25) is 0 Å². The monoisotopic (exact) mass is 333 g/mol. The fraction of sp³-hybridized carbons (Fsp3) is 0.579. The molecule has 5 heteroatoms. The molecule has 0 aliphatic carbocycles. The molecule has 5 nitrogen and oxygen atoms in total. The highest BCUT2D eigenvalue weighted by Gasteiger charge is 2.36. The third-order valence-electron chi connectivity index (χ3n) is 4.55. The number of hydrogen-bond donors (Lipinski definition) is 2. The summed E-state index contributed by atoms with van der Waals surface area (Å²) in [4.78, 5) is 23.5. The second kappa shape index (κ2) is 8.83. The van der Waals surface area contributed by atoms with Crippen LogP contribution in [0, 0.1) is 0 Å². The van der Waals surface area contributed by atoms with Gasteiger partial charge in [0.15, 0.2) is 0 Å². The lowest BCUT2D eigenvalue weighted by molar-refractivity contribution is -0.140. The van der Waals surface area contributed by atoms with Crippen LogP contribution in [0.4, 0.5) is 0 Å². The quantitative estimate of drug-likeness (QED) is 0.767. The van der Waals surface area contributed by atoms with Crippen molar-refractivity contribution in [1.29, 1.82) is 0 Å². The number of aryl methyl sites for hydroxylation is 1. The van der Waals surface area contributed by atoms with Gasteiger partial charge in [0.2, 0.25) is 5.91 Å². The number of aliphatic carboxylic acids is 1. The Bertz CT molecular complexity index is 547. The Kier molecular flexibility index (Phi) is 6.79. The van der Waals surface area contributed by atoms with Gasteiger partial charge in [-0.05, 0) is 36.8 Å². The van der Waals surface area contributed by atoms with Gasteiger partial charge in [-0.15, -0.1) is 0 Å². The van der Waals surface area contributed by atoms with Gasteiger partial charge in [0.05, 0.1) is 18.4 Å². The highest BCUT2D eigenvalue weighted by molar-refractivity contribution is 5.80. The van der Waals surface area contributed by atoms with E-state index in [-0.39, 0.29) is 18.7 Å². The maximum absolute atomic E-state index is 12.4. The van der Waals surface area contributed by atoms with E-state index in [2.05, 4.69) is 24.4 Å². The minimum Gasteiger partial charge on any atom is -0.481 e. The summed E-state index contributed by atoms with van der Waals surface area (Å²) >= 11 is 0. The number of carboxylic acid groups (broad SMARTS) is 1. The highest BCUT2D eigenvalue weighted by atomic mass is 16.5. The maximum Gasteiger partial charge on any atom is 0.305 e. The van der Waals surface area contributed by atoms with Crippen LogP contribution in [0.5, 0.6) is 0 Å². The van der Waals surface area contributed by atoms with Crippen molar-refractivity contribution in [1.82, 2.24) is 5.32 Å². The summed E-state index contributed by atoms with van der Waals surface area (Å²) in [6, 6.07) is 8.11. The molecule has 1 heterocycles. The number of ether oxygens (including phenoxy) is 1. The van der Waals surface area contributed by atoms with Crippen LogP contribution in [0.1, 0.15) is 50.2 Å². The number of hydrogen-bond acceptors (Lipinski definition) is 3. The molecule has 2 rings (SSSR count). The molecule has 1 amide bonds. The molecule has 2 N–H and O–H groups in total. The first-order valence-corrected chi connectivity index (χ1v) is 8.71. The minimum absolute atomic E-state index is 0.0575. The molecular formula is C19H27NO4. The van der Waals surface area contributed by atoms with Gasteiger partial charge in [0, 0.05) is 13.2 Å². The van der Waals surface area contributed by atoms with Crippen LogP contribution < -0.4 is 5.32 Å². The van der Waals surface area contributed by atoms with Gasteiger partial charge in [-0.1, -0.05) is 37.6 Å². The predicted molar refractivity (Wildman–Crippen MR) is 91.9 cm³/mol. The van der Waals surface area contributed by atoms with Gasteiger partial charge in [0.1, 0.15) is 0 Å². The summed E-state index contributed by atoms with van der Waals surface area (Å²) in [6.45, 7) is 3.14. The molecule has 0 radical (unpaired) electrons. The van der Waals surface area contributed by atoms with Crippen molar-refractivity contribution in [2.45, 2.75) is 57.4 Å². The summed E-state index contributed by atoms with van der Waals surface area (Å²) in [7, 11) is 0. The van der Waals surface area contributed by atoms with E-state index >= 15 is 0 Å². The summed E-state index contributed by atoms with van der Waals surface area (Å²) in [6.07, 6.45) is 4.69. The van der Waals surface area contributed by atoms with Crippen LogP contribution >= 0.6 is 0 Å². The SMILES string of the molecule is CCCCc1ccc(CC(=O)NC2(CC(=O)O)CCOCC2)cc1. The zero-order valence-electron chi connectivity index (χ0n) is 14.3. The van der Waals surface area contributed by atoms with E-state index in [1.54, 1.807) is 0 Å². The van der Waals surface area contributed by atoms with E-state index in [0.717, 1.165) is 12.0 Å². The fourth-order valence-electron chi connectivity index (χ4n) is 3.13. The zero-order chi connectivity index (χ0) is 17.4. The second-order valence-corrected chi connectivity index (χ2v) is 6.61. The average Bonchev–Trinajstić information content (AvgIpc) is 2.54. The van der Waals surface area contributed by atoms with Crippen molar-refractivity contribution in [2.24, 2.45) is 0 Å². The number of nitrogens with one attached hydrogen (secondary N) is 1. The lowest BCUT2D eigenvalue weighted by atomic mass is 9.86. The topological polar surface area (TPSA) is 75.6 Å². The summed E-state index contributed by atoms with van der Waals surface area (Å²) in [5.74, 6) is -1.02. The first-order chi connectivity index (χ1) is 11.5. The normalized spacial score (nSPS) is 16.5. The number of benzene rings is 1. The lowest BCUT2D eigenvalue weighted by Gasteiger charge is -2.36. The Balaban J connectivity index is 1.94. The van der Waals surface area contributed by atoms with E-state index < -0.39 is 11.5 Å². The van der Waals surface area contributed by atoms with Crippen LogP contribution in [-0.4, -0.2) is 35.7 Å². The number of carbonyl (C=O) groups excluding carboxylic acids is 1. The molecule has 0 unspecified atom stereocenters. The second-order valence-electron chi connectivity index (χ2n) is 6.61. The van der Waals surface area contributed by atoms with Crippen molar-refractivity contribution in [3.63, 3.8) is 0 Å². The van der Waals surface area contributed by atoms with Gasteiger partial charge in [0.25, 0.3) is 0 Å². The van der Waals surface area contributed by atoms with Gasteiger partial charge in [-0.2, -0.15) is 0 Å². The van der Waals surface area contributed by atoms with Gasteiger partial charge >= 0.3 is 5.97 Å². The average molecular weight is 333 g/mol. The number of carboxylic acids is 1. The number of rotatable bonds is 8. The van der Waals surface area contributed by atoms with Crippen molar-refractivity contribution in [2.75, 3.05) is 13.2 Å². The molecule has 0 bridgehead atoms. The zero-order valence-corrected chi connectivity index (χ0v) is 14.3. The van der Waals surface area contributed by atoms with Gasteiger partial charge in [-0.3, -0.25) is 9.59 Å². The summed E-state index contributed by atoms with van der Waals surface area (Å²) < 4.78 is 5.31. The van der Waals surface area contributed by atoms with E-state index in [1.165, 1.54) is 18.4 Å². The molecule has 1 aliphatic rings. The Labute approximate surface area is 143 Å². The molecular weight excluding hydrogens is 306 g/mol. The molecule has 0 saturated carbocycles. The van der Waals surface area contributed by atoms with Crippen molar-refractivity contribution in [3.05, 3.63) is 35.4 Å². The molecule has 1 saturated heterocycles. The van der Waals surface area contributed by atoms with Crippen molar-refractivity contribution in [3.8, 4) is 0 Å². The molecule has 24 heavy (non-hydrogen) atoms. The van der Waals surface area contributed by atoms with Crippen molar-refractivity contribution >= 4 is 11.9 Å². The number of unbranched alkanes of at least 4 members (excludes halogenated alkanes) is 1. The Morgan fingerprint density at radius 1 is 1.17 bits per heavy atom. The molecule has 1 aromatic carbocycles. The number of carbonyl (C=O) groups is 2. The third-order valence-corrected chi connectivity index (χ3v) is 4.55. The van der Waals surface area contributed by atoms with E-state index in [1.807, 2.05) is 12.1 Å². The number of amides is 1. The minimum atomic E-state index is -0.891. The molecule has 0 atom stereocenters. The Morgan fingerprint density at radius 2 is 1.79 bits per heavy atom. The van der Waals surface area contributed by atoms with E-state index in [4.69, 9.17) is 9.84 Å². The molecule has 1 fully saturated rings. The van der Waals surface area contributed by atoms with Gasteiger partial charge in [-0.25, -0.2) is 0 Å². The summed E-state index contributed by atoms with van der Waals surface area (Å²) in [5.41, 5.74) is 1.56. The standard InChI is InChI=1S/C19H27NO4/c1-2-3-4-15-5-7-16(8-6-15)13-17(21)20-19(14-18(22)23)9-11-24-12-10-19/h5-8H,2-4,9-14H2,1H3,(H,20,21)(H,22,23). The first kappa shape index (κ1) is 18.5. The summed E-state index contributed by atoms with van der Waals surface area (Å²) in [5, 5.41) is 12.1. The Hall–Kier alpha value is -1.88. The highest BCUT2D eigenvalue weighted by Crippen LogP contribution is 2.25. The smallest absolute Gasteiger partial charge is 0.305 e. The molecule has 132 valence electrons. The van der Waals surface area contributed by atoms with Gasteiger partial charge < -0.3 is 15.2 Å². The van der Waals surface area contributed by atoms with E-state index in [9.17, 15) is 9.59 Å². The van der Waals surface area contributed by atoms with Crippen LogP contribution in [0.15, 0.2) is 24.3 Å². The Morgan fingerprint density at radius 3 is 2.38 bits per heavy atom. The molecule has 1 aliphatic heterocycles. The largest absolute Gasteiger partial charge is 0.481 e. The molecule has 1 aromatic rings. The van der Waals surface area contributed by atoms with Crippen LogP contribution in [0.3, 0.4) is 0 Å². The molecule has 0 aromatic heterocycles. The first-order valence-electron chi connectivity index (χ1n) is 8.71. The third kappa shape index (κ3) is 5.64. The van der Waals surface area contributed by atoms with Crippen LogP contribution in [-0.2, 0) is 27.2 Å².